The van der Waals surface area contributed by atoms with Crippen LogP contribution in [0.2, 0.25) is 0 Å². The third-order valence-electron chi connectivity index (χ3n) is 7.28. The minimum absolute atomic E-state index is 0.204. The van der Waals surface area contributed by atoms with E-state index in [1.807, 2.05) is 45.0 Å². The number of fused-ring (bicyclic) bond motifs is 1. The Morgan fingerprint density at radius 3 is 2.54 bits per heavy atom. The molecule has 1 saturated carbocycles. The van der Waals surface area contributed by atoms with Gasteiger partial charge in [0.25, 0.3) is 0 Å². The first-order valence-electron chi connectivity index (χ1n) is 13.2. The molecule has 37 heavy (non-hydrogen) atoms. The minimum atomic E-state index is -0.523. The fourth-order valence-corrected chi connectivity index (χ4v) is 5.02. The number of allylic oxidation sites excluding steroid dienone is 1. The van der Waals surface area contributed by atoms with E-state index in [9.17, 15) is 4.79 Å². The van der Waals surface area contributed by atoms with E-state index in [0.29, 0.717) is 5.82 Å². The summed E-state index contributed by atoms with van der Waals surface area (Å²) in [6.07, 6.45) is 8.36. The molecule has 2 aromatic heterocycles. The zero-order valence-electron chi connectivity index (χ0n) is 22.6. The number of rotatable bonds is 8. The summed E-state index contributed by atoms with van der Waals surface area (Å²) in [7, 11) is 0. The van der Waals surface area contributed by atoms with Gasteiger partial charge in [0.05, 0.1) is 16.7 Å². The Bertz CT molecular complexity index is 1280. The Hall–Kier alpha value is -3.45. The van der Waals surface area contributed by atoms with Crippen LogP contribution >= 0.6 is 0 Å². The predicted octanol–water partition coefficient (Wildman–Crippen LogP) is 6.86. The van der Waals surface area contributed by atoms with E-state index in [1.165, 1.54) is 5.57 Å². The molecule has 1 aromatic carbocycles. The molecule has 0 saturated heterocycles. The molecule has 0 radical (unpaired) electrons. The third-order valence-corrected chi connectivity index (χ3v) is 7.28. The van der Waals surface area contributed by atoms with E-state index in [2.05, 4.69) is 53.8 Å². The second kappa shape index (κ2) is 10.9. The number of ether oxygens (including phenoxy) is 1. The summed E-state index contributed by atoms with van der Waals surface area (Å²) < 4.78 is 5.55. The summed E-state index contributed by atoms with van der Waals surface area (Å²) in [6.45, 7) is 9.99. The van der Waals surface area contributed by atoms with Crippen LogP contribution in [0.1, 0.15) is 78.3 Å². The van der Waals surface area contributed by atoms with Gasteiger partial charge in [0.15, 0.2) is 0 Å². The number of carbonyl (C=O) groups is 1. The molecule has 1 aliphatic rings. The molecule has 3 aromatic rings. The molecule has 1 fully saturated rings. The second-order valence-corrected chi connectivity index (χ2v) is 10.9. The van der Waals surface area contributed by atoms with Crippen molar-refractivity contribution < 1.29 is 9.53 Å². The highest BCUT2D eigenvalue weighted by Crippen LogP contribution is 2.40. The standard InChI is InChI=1S/C30H39N5O2/c1-6-21(14-13-20(2)30(16-10-17-30)34-28(36)37-29(3,4)5)26-23(22-11-8-7-9-12-22)19-24-25(33-26)15-18-32-27(24)35-31/h7-9,11-13,15,18-19,21H,6,10,14,16-17,31H2,1-5H3,(H,32,35)(H,34,36)/b20-13+. The van der Waals surface area contributed by atoms with E-state index >= 15 is 0 Å². The average molecular weight is 502 g/mol. The van der Waals surface area contributed by atoms with Gasteiger partial charge in [0.2, 0.25) is 0 Å². The SMILES string of the molecule is CCC(C/C=C(\C)C1(NC(=O)OC(C)(C)C)CCC1)c1nc2ccnc(NN)c2cc1-c1ccccc1. The summed E-state index contributed by atoms with van der Waals surface area (Å²) in [5.74, 6) is 6.56. The van der Waals surface area contributed by atoms with E-state index in [4.69, 9.17) is 15.6 Å². The van der Waals surface area contributed by atoms with Gasteiger partial charge >= 0.3 is 6.09 Å². The molecule has 196 valence electrons. The summed E-state index contributed by atoms with van der Waals surface area (Å²) in [6, 6.07) is 14.4. The Kier molecular flexibility index (Phi) is 7.83. The zero-order valence-corrected chi connectivity index (χ0v) is 22.6. The number of nitrogen functional groups attached to an aromatic ring is 1. The van der Waals surface area contributed by atoms with Crippen LogP contribution in [0.25, 0.3) is 22.0 Å². The van der Waals surface area contributed by atoms with Gasteiger partial charge in [-0.1, -0.05) is 48.9 Å². The lowest BCUT2D eigenvalue weighted by Gasteiger charge is -2.44. The van der Waals surface area contributed by atoms with E-state index in [1.54, 1.807) is 6.20 Å². The van der Waals surface area contributed by atoms with Crippen LogP contribution in [-0.2, 0) is 4.74 Å². The third kappa shape index (κ3) is 5.93. The molecule has 4 N–H and O–H groups in total. The molecular weight excluding hydrogens is 462 g/mol. The van der Waals surface area contributed by atoms with Gasteiger partial charge in [-0.2, -0.15) is 0 Å². The zero-order chi connectivity index (χ0) is 26.6. The van der Waals surface area contributed by atoms with Crippen LogP contribution < -0.4 is 16.6 Å². The molecule has 1 aliphatic carbocycles. The van der Waals surface area contributed by atoms with Gasteiger partial charge in [0, 0.05) is 23.1 Å². The van der Waals surface area contributed by atoms with Gasteiger partial charge in [-0.15, -0.1) is 0 Å². The summed E-state index contributed by atoms with van der Waals surface area (Å²) in [5.41, 5.74) is 7.15. The Labute approximate surface area is 219 Å². The van der Waals surface area contributed by atoms with Crippen molar-refractivity contribution in [3.05, 3.63) is 66.0 Å². The fraction of sp³-hybridized carbons (Fsp3) is 0.433. The molecule has 7 heteroatoms. The number of amides is 1. The highest BCUT2D eigenvalue weighted by atomic mass is 16.6. The van der Waals surface area contributed by atoms with E-state index in [-0.39, 0.29) is 17.6 Å². The van der Waals surface area contributed by atoms with Crippen LogP contribution in [0, 0.1) is 0 Å². The molecule has 1 unspecified atom stereocenters. The Morgan fingerprint density at radius 2 is 1.95 bits per heavy atom. The maximum atomic E-state index is 12.6. The van der Waals surface area contributed by atoms with Gasteiger partial charge in [0.1, 0.15) is 11.4 Å². The molecular formula is C30H39N5O2. The maximum Gasteiger partial charge on any atom is 0.408 e. The van der Waals surface area contributed by atoms with Crippen molar-refractivity contribution in [1.29, 1.82) is 0 Å². The van der Waals surface area contributed by atoms with Gasteiger partial charge in [-0.25, -0.2) is 15.6 Å². The lowest BCUT2D eigenvalue weighted by molar-refractivity contribution is 0.0421. The number of hydrogen-bond donors (Lipinski definition) is 3. The fourth-order valence-electron chi connectivity index (χ4n) is 5.02. The van der Waals surface area contributed by atoms with Crippen molar-refractivity contribution in [2.24, 2.45) is 5.84 Å². The maximum absolute atomic E-state index is 12.6. The van der Waals surface area contributed by atoms with Crippen LogP contribution in [0.5, 0.6) is 0 Å². The van der Waals surface area contributed by atoms with Crippen LogP contribution in [-0.4, -0.2) is 27.2 Å². The number of hydrazine groups is 1. The molecule has 1 atom stereocenters. The Balaban J connectivity index is 1.67. The number of aromatic nitrogens is 2. The first kappa shape index (κ1) is 26.6. The molecule has 2 heterocycles. The highest BCUT2D eigenvalue weighted by Gasteiger charge is 2.41. The van der Waals surface area contributed by atoms with Crippen LogP contribution in [0.3, 0.4) is 0 Å². The first-order chi connectivity index (χ1) is 17.7. The summed E-state index contributed by atoms with van der Waals surface area (Å²) in [4.78, 5) is 22.1. The molecule has 7 nitrogen and oxygen atoms in total. The number of nitrogens with one attached hydrogen (secondary N) is 2. The number of benzene rings is 1. The molecule has 0 spiro atoms. The number of nitrogens with two attached hydrogens (primary N) is 1. The second-order valence-electron chi connectivity index (χ2n) is 10.9. The monoisotopic (exact) mass is 501 g/mol. The minimum Gasteiger partial charge on any atom is -0.444 e. The summed E-state index contributed by atoms with van der Waals surface area (Å²) in [5, 5.41) is 4.06. The quantitative estimate of drug-likeness (QED) is 0.177. The largest absolute Gasteiger partial charge is 0.444 e. The van der Waals surface area contributed by atoms with E-state index < -0.39 is 5.60 Å². The number of hydrogen-bond acceptors (Lipinski definition) is 6. The first-order valence-corrected chi connectivity index (χ1v) is 13.2. The van der Waals surface area contributed by atoms with Crippen molar-refractivity contribution >= 4 is 22.8 Å². The van der Waals surface area contributed by atoms with Crippen molar-refractivity contribution in [3.63, 3.8) is 0 Å². The number of anilines is 1. The topological polar surface area (TPSA) is 102 Å². The number of carbonyl (C=O) groups excluding carboxylic acids is 1. The van der Waals surface area contributed by atoms with E-state index in [0.717, 1.165) is 59.8 Å². The number of alkyl carbamates (subject to hydrolysis) is 1. The number of nitrogens with zero attached hydrogens (tertiary/aromatic N) is 2. The average Bonchev–Trinajstić information content (AvgIpc) is 2.85. The smallest absolute Gasteiger partial charge is 0.408 e. The normalized spacial score (nSPS) is 16.1. The predicted molar refractivity (Wildman–Crippen MR) is 150 cm³/mol. The lowest BCUT2D eigenvalue weighted by Crippen LogP contribution is -2.55. The molecule has 4 rings (SSSR count). The Morgan fingerprint density at radius 1 is 1.22 bits per heavy atom. The van der Waals surface area contributed by atoms with Crippen molar-refractivity contribution in [3.8, 4) is 11.1 Å². The van der Waals surface area contributed by atoms with Crippen molar-refractivity contribution in [2.75, 3.05) is 5.43 Å². The van der Waals surface area contributed by atoms with Crippen LogP contribution in [0.15, 0.2) is 60.3 Å². The lowest BCUT2D eigenvalue weighted by atomic mass is 9.71. The summed E-state index contributed by atoms with van der Waals surface area (Å²) >= 11 is 0. The number of pyridine rings is 2. The van der Waals surface area contributed by atoms with Crippen molar-refractivity contribution in [2.45, 2.75) is 83.8 Å². The van der Waals surface area contributed by atoms with Gasteiger partial charge in [-0.05, 0) is 77.5 Å². The van der Waals surface area contributed by atoms with Gasteiger partial charge in [-0.3, -0.25) is 4.98 Å². The van der Waals surface area contributed by atoms with Crippen LogP contribution in [0.4, 0.5) is 10.6 Å². The molecule has 0 aliphatic heterocycles. The highest BCUT2D eigenvalue weighted by molar-refractivity contribution is 5.92. The molecule has 0 bridgehead atoms. The van der Waals surface area contributed by atoms with Crippen molar-refractivity contribution in [1.82, 2.24) is 15.3 Å². The van der Waals surface area contributed by atoms with Gasteiger partial charge < -0.3 is 15.5 Å². The molecule has 1 amide bonds.